The molecule has 0 aliphatic carbocycles. The number of hydrogen-bond donors (Lipinski definition) is 4. The Morgan fingerprint density at radius 1 is 1.33 bits per heavy atom. The molecule has 0 bridgehead atoms. The van der Waals surface area contributed by atoms with Crippen LogP contribution in [0.3, 0.4) is 0 Å². The number of rotatable bonds is 6. The van der Waals surface area contributed by atoms with Gasteiger partial charge in [-0.1, -0.05) is 0 Å². The smallest absolute Gasteiger partial charge is 0.240 e. The van der Waals surface area contributed by atoms with Gasteiger partial charge in [-0.3, -0.25) is 9.63 Å². The highest BCUT2D eigenvalue weighted by Crippen LogP contribution is 2.05. The summed E-state index contributed by atoms with van der Waals surface area (Å²) in [6.07, 6.45) is -5.59. The average Bonchev–Trinajstić information content (AvgIpc) is 2.16. The zero-order valence-electron chi connectivity index (χ0n) is 8.45. The Kier molecular flexibility index (Phi) is 6.02. The summed E-state index contributed by atoms with van der Waals surface area (Å²) in [4.78, 5) is 25.4. The first kappa shape index (κ1) is 14.0. The van der Waals surface area contributed by atoms with Gasteiger partial charge in [0, 0.05) is 6.92 Å². The number of carbonyl (C=O) groups is 2. The molecule has 0 saturated carbocycles. The molecule has 0 aromatic carbocycles. The molecule has 0 aromatic rings. The van der Waals surface area contributed by atoms with Crippen LogP contribution in [0.4, 0.5) is 0 Å². The van der Waals surface area contributed by atoms with Crippen LogP contribution in [0.1, 0.15) is 13.8 Å². The monoisotopic (exact) mass is 221 g/mol. The molecule has 0 rings (SSSR count). The van der Waals surface area contributed by atoms with Gasteiger partial charge in [0.25, 0.3) is 0 Å². The average molecular weight is 221 g/mol. The van der Waals surface area contributed by atoms with Gasteiger partial charge in [-0.2, -0.15) is 0 Å². The Hall–Kier alpha value is -1.02. The maximum atomic E-state index is 10.5. The number of amides is 1. The normalized spacial score (nSPS) is 18.7. The molecule has 1 amide bonds. The zero-order valence-corrected chi connectivity index (χ0v) is 8.45. The molecule has 0 aromatic heterocycles. The minimum atomic E-state index is -1.62. The SMILES string of the molecule is CC(=O)NO[C@@H](C=O)[C@@H](O)[C@H](O)[C@@H](C)O. The van der Waals surface area contributed by atoms with Crippen molar-refractivity contribution >= 4 is 12.2 Å². The van der Waals surface area contributed by atoms with Crippen LogP contribution in [0.5, 0.6) is 0 Å². The van der Waals surface area contributed by atoms with Crippen LogP contribution in [0.2, 0.25) is 0 Å². The lowest BCUT2D eigenvalue weighted by Crippen LogP contribution is -2.47. The van der Waals surface area contributed by atoms with E-state index in [9.17, 15) is 19.8 Å². The predicted octanol–water partition coefficient (Wildman–Crippen LogP) is -2.28. The summed E-state index contributed by atoms with van der Waals surface area (Å²) in [6, 6.07) is 0. The summed E-state index contributed by atoms with van der Waals surface area (Å²) in [7, 11) is 0. The number of aliphatic hydroxyl groups excluding tert-OH is 3. The number of nitrogens with one attached hydrogen (secondary N) is 1. The van der Waals surface area contributed by atoms with E-state index in [1.165, 1.54) is 6.92 Å². The molecule has 0 radical (unpaired) electrons. The van der Waals surface area contributed by atoms with Gasteiger partial charge in [-0.15, -0.1) is 0 Å². The van der Waals surface area contributed by atoms with Crippen LogP contribution in [0.15, 0.2) is 0 Å². The van der Waals surface area contributed by atoms with Gasteiger partial charge >= 0.3 is 0 Å². The molecular weight excluding hydrogens is 206 g/mol. The number of hydroxylamine groups is 1. The Morgan fingerprint density at radius 3 is 2.20 bits per heavy atom. The molecule has 0 unspecified atom stereocenters. The third-order valence-corrected chi connectivity index (χ3v) is 1.65. The van der Waals surface area contributed by atoms with Gasteiger partial charge in [0.1, 0.15) is 12.2 Å². The number of aldehydes is 1. The first-order valence-electron chi connectivity index (χ1n) is 4.31. The van der Waals surface area contributed by atoms with E-state index in [2.05, 4.69) is 4.84 Å². The van der Waals surface area contributed by atoms with Crippen LogP contribution in [-0.2, 0) is 14.4 Å². The lowest BCUT2D eigenvalue weighted by atomic mass is 10.1. The van der Waals surface area contributed by atoms with Gasteiger partial charge in [0.2, 0.25) is 5.91 Å². The summed E-state index contributed by atoms with van der Waals surface area (Å²) < 4.78 is 0. The second kappa shape index (κ2) is 6.46. The molecule has 88 valence electrons. The Bertz CT molecular complexity index is 219. The van der Waals surface area contributed by atoms with Gasteiger partial charge in [-0.05, 0) is 6.92 Å². The van der Waals surface area contributed by atoms with Crippen molar-refractivity contribution in [2.45, 2.75) is 38.3 Å². The molecule has 7 heteroatoms. The van der Waals surface area contributed by atoms with E-state index < -0.39 is 30.3 Å². The van der Waals surface area contributed by atoms with Crippen LogP contribution < -0.4 is 5.48 Å². The lowest BCUT2D eigenvalue weighted by molar-refractivity contribution is -0.162. The number of hydrogen-bond acceptors (Lipinski definition) is 6. The number of carbonyl (C=O) groups excluding carboxylic acids is 2. The summed E-state index contributed by atoms with van der Waals surface area (Å²) in [6.45, 7) is 2.40. The third-order valence-electron chi connectivity index (χ3n) is 1.65. The summed E-state index contributed by atoms with van der Waals surface area (Å²) in [5.74, 6) is -0.555. The summed E-state index contributed by atoms with van der Waals surface area (Å²) >= 11 is 0. The van der Waals surface area contributed by atoms with Crippen molar-refractivity contribution in [3.8, 4) is 0 Å². The van der Waals surface area contributed by atoms with Crippen LogP contribution >= 0.6 is 0 Å². The van der Waals surface area contributed by atoms with E-state index in [4.69, 9.17) is 5.11 Å². The fourth-order valence-corrected chi connectivity index (χ4v) is 0.809. The summed E-state index contributed by atoms with van der Waals surface area (Å²) in [5, 5.41) is 27.5. The van der Waals surface area contributed by atoms with E-state index in [0.717, 1.165) is 6.92 Å². The molecule has 0 aliphatic rings. The van der Waals surface area contributed by atoms with E-state index in [1.807, 2.05) is 5.48 Å². The van der Waals surface area contributed by atoms with Gasteiger partial charge in [0.05, 0.1) is 6.10 Å². The standard InChI is InChI=1S/C8H15NO6/c1-4(11)7(13)8(14)6(3-10)15-9-5(2)12/h3-4,6-8,11,13-14H,1-2H3,(H,9,12)/t4-,6+,7-,8-/m1/s1. The van der Waals surface area contributed by atoms with Crippen molar-refractivity contribution in [3.63, 3.8) is 0 Å². The molecule has 0 fully saturated rings. The number of aliphatic hydroxyl groups is 3. The Balaban J connectivity index is 4.26. The highest BCUT2D eigenvalue weighted by atomic mass is 16.7. The minimum Gasteiger partial charge on any atom is -0.391 e. The molecular formula is C8H15NO6. The lowest BCUT2D eigenvalue weighted by Gasteiger charge is -2.24. The van der Waals surface area contributed by atoms with Crippen molar-refractivity contribution in [1.29, 1.82) is 0 Å². The molecule has 4 atom stereocenters. The van der Waals surface area contributed by atoms with Crippen molar-refractivity contribution < 1.29 is 29.7 Å². The van der Waals surface area contributed by atoms with Crippen molar-refractivity contribution in [2.24, 2.45) is 0 Å². The van der Waals surface area contributed by atoms with Gasteiger partial charge in [-0.25, -0.2) is 5.48 Å². The zero-order chi connectivity index (χ0) is 12.0. The van der Waals surface area contributed by atoms with Gasteiger partial charge in [0.15, 0.2) is 12.4 Å². The minimum absolute atomic E-state index is 0.214. The van der Waals surface area contributed by atoms with Crippen molar-refractivity contribution in [2.75, 3.05) is 0 Å². The van der Waals surface area contributed by atoms with E-state index >= 15 is 0 Å². The maximum Gasteiger partial charge on any atom is 0.240 e. The summed E-state index contributed by atoms with van der Waals surface area (Å²) in [5.41, 5.74) is 1.85. The largest absolute Gasteiger partial charge is 0.391 e. The fraction of sp³-hybridized carbons (Fsp3) is 0.750. The van der Waals surface area contributed by atoms with Gasteiger partial charge < -0.3 is 20.1 Å². The molecule has 0 spiro atoms. The molecule has 7 nitrogen and oxygen atoms in total. The maximum absolute atomic E-state index is 10.5. The third kappa shape index (κ3) is 4.84. The first-order valence-corrected chi connectivity index (χ1v) is 4.31. The van der Waals surface area contributed by atoms with Crippen LogP contribution in [0.25, 0.3) is 0 Å². The van der Waals surface area contributed by atoms with Crippen LogP contribution in [0, 0.1) is 0 Å². The molecule has 0 aliphatic heterocycles. The van der Waals surface area contributed by atoms with E-state index in [1.54, 1.807) is 0 Å². The van der Waals surface area contributed by atoms with Crippen molar-refractivity contribution in [3.05, 3.63) is 0 Å². The molecule has 0 saturated heterocycles. The highest BCUT2D eigenvalue weighted by molar-refractivity contribution is 5.71. The Labute approximate surface area is 86.6 Å². The predicted molar refractivity (Wildman–Crippen MR) is 48.4 cm³/mol. The van der Waals surface area contributed by atoms with Crippen molar-refractivity contribution in [1.82, 2.24) is 5.48 Å². The fourth-order valence-electron chi connectivity index (χ4n) is 0.809. The van der Waals surface area contributed by atoms with E-state index in [0.29, 0.717) is 0 Å². The second-order valence-electron chi connectivity index (χ2n) is 3.10. The molecule has 0 heterocycles. The van der Waals surface area contributed by atoms with Crippen LogP contribution in [-0.4, -0.2) is 51.9 Å². The molecule has 15 heavy (non-hydrogen) atoms. The second-order valence-corrected chi connectivity index (χ2v) is 3.10. The first-order chi connectivity index (χ1) is 6.90. The quantitative estimate of drug-likeness (QED) is 0.297. The molecule has 4 N–H and O–H groups in total. The highest BCUT2D eigenvalue weighted by Gasteiger charge is 2.30. The Morgan fingerprint density at radius 2 is 1.87 bits per heavy atom. The van der Waals surface area contributed by atoms with E-state index in [-0.39, 0.29) is 6.29 Å². The topological polar surface area (TPSA) is 116 Å².